The Morgan fingerprint density at radius 1 is 1.00 bits per heavy atom. The number of rotatable bonds is 1. The first-order valence-electron chi connectivity index (χ1n) is 5.34. The van der Waals surface area contributed by atoms with Crippen molar-refractivity contribution < 1.29 is 4.74 Å². The molecule has 0 amide bonds. The summed E-state index contributed by atoms with van der Waals surface area (Å²) in [7, 11) is 0. The Morgan fingerprint density at radius 2 is 1.88 bits per heavy atom. The predicted octanol–water partition coefficient (Wildman–Crippen LogP) is 3.94. The first-order valence-corrected chi connectivity index (χ1v) is 5.72. The van der Waals surface area contributed by atoms with E-state index in [1.54, 1.807) is 0 Å². The first-order chi connectivity index (χ1) is 7.83. The van der Waals surface area contributed by atoms with Gasteiger partial charge in [-0.15, -0.1) is 0 Å². The molecule has 16 heavy (non-hydrogen) atoms. The first kappa shape index (κ1) is 9.73. The fraction of sp³-hybridized carbons (Fsp3) is 0.143. The van der Waals surface area contributed by atoms with E-state index in [0.29, 0.717) is 0 Å². The van der Waals surface area contributed by atoms with Gasteiger partial charge in [-0.25, -0.2) is 0 Å². The molecule has 2 heteroatoms. The minimum Gasteiger partial charge on any atom is -0.493 e. The van der Waals surface area contributed by atoms with Gasteiger partial charge in [0.2, 0.25) is 0 Å². The van der Waals surface area contributed by atoms with Crippen LogP contribution in [0.2, 0.25) is 5.02 Å². The van der Waals surface area contributed by atoms with E-state index in [1.807, 2.05) is 18.2 Å². The van der Waals surface area contributed by atoms with Crippen LogP contribution < -0.4 is 4.74 Å². The van der Waals surface area contributed by atoms with Crippen LogP contribution in [0.15, 0.2) is 42.5 Å². The van der Waals surface area contributed by atoms with Crippen LogP contribution >= 0.6 is 11.6 Å². The number of hydrogen-bond donors (Lipinski definition) is 0. The van der Waals surface area contributed by atoms with Crippen LogP contribution in [0.1, 0.15) is 5.56 Å². The molecule has 0 fully saturated rings. The van der Waals surface area contributed by atoms with E-state index >= 15 is 0 Å². The molecular weight excluding hydrogens is 220 g/mol. The van der Waals surface area contributed by atoms with E-state index in [9.17, 15) is 0 Å². The number of hydrogen-bond acceptors (Lipinski definition) is 1. The normalized spacial score (nSPS) is 13.3. The summed E-state index contributed by atoms with van der Waals surface area (Å²) in [5, 5.41) is 0.763. The summed E-state index contributed by atoms with van der Waals surface area (Å²) in [5.41, 5.74) is 3.58. The summed E-state index contributed by atoms with van der Waals surface area (Å²) < 4.78 is 5.56. The highest BCUT2D eigenvalue weighted by Crippen LogP contribution is 2.31. The molecule has 0 saturated carbocycles. The van der Waals surface area contributed by atoms with Crippen molar-refractivity contribution in [1.29, 1.82) is 0 Å². The monoisotopic (exact) mass is 230 g/mol. The molecule has 0 bridgehead atoms. The highest BCUT2D eigenvalue weighted by atomic mass is 35.5. The van der Waals surface area contributed by atoms with Gasteiger partial charge in [-0.05, 0) is 34.9 Å². The van der Waals surface area contributed by atoms with Crippen molar-refractivity contribution >= 4 is 11.6 Å². The lowest BCUT2D eigenvalue weighted by Gasteiger charge is -2.05. The molecule has 80 valence electrons. The fourth-order valence-corrected chi connectivity index (χ4v) is 2.20. The zero-order valence-corrected chi connectivity index (χ0v) is 9.50. The SMILES string of the molecule is Clc1cccc(-c2ccc3c(c2)OCC3)c1. The highest BCUT2D eigenvalue weighted by Gasteiger charge is 2.12. The van der Waals surface area contributed by atoms with Crippen LogP contribution in [0.3, 0.4) is 0 Å². The quantitative estimate of drug-likeness (QED) is 0.721. The summed E-state index contributed by atoms with van der Waals surface area (Å²) in [6.45, 7) is 0.800. The number of benzene rings is 2. The summed E-state index contributed by atoms with van der Waals surface area (Å²) in [6, 6.07) is 14.2. The molecule has 1 aliphatic heterocycles. The molecule has 0 radical (unpaired) electrons. The zero-order chi connectivity index (χ0) is 11.0. The molecule has 0 aromatic heterocycles. The third kappa shape index (κ3) is 1.68. The van der Waals surface area contributed by atoms with E-state index < -0.39 is 0 Å². The Morgan fingerprint density at radius 3 is 2.75 bits per heavy atom. The average molecular weight is 231 g/mol. The van der Waals surface area contributed by atoms with E-state index in [-0.39, 0.29) is 0 Å². The molecule has 0 N–H and O–H groups in total. The lowest BCUT2D eigenvalue weighted by Crippen LogP contribution is -1.86. The molecule has 1 aliphatic rings. The third-order valence-corrected chi connectivity index (χ3v) is 3.09. The third-order valence-electron chi connectivity index (χ3n) is 2.85. The van der Waals surface area contributed by atoms with Crippen molar-refractivity contribution in [2.75, 3.05) is 6.61 Å². The van der Waals surface area contributed by atoms with Crippen molar-refractivity contribution in [3.05, 3.63) is 53.1 Å². The van der Waals surface area contributed by atoms with Gasteiger partial charge in [0.05, 0.1) is 6.61 Å². The number of ether oxygens (including phenoxy) is 1. The van der Waals surface area contributed by atoms with Gasteiger partial charge < -0.3 is 4.74 Å². The Bertz CT molecular complexity index is 534. The van der Waals surface area contributed by atoms with E-state index in [1.165, 1.54) is 5.56 Å². The van der Waals surface area contributed by atoms with Crippen molar-refractivity contribution in [2.45, 2.75) is 6.42 Å². The zero-order valence-electron chi connectivity index (χ0n) is 8.74. The van der Waals surface area contributed by atoms with Gasteiger partial charge in [-0.1, -0.05) is 35.9 Å². The maximum Gasteiger partial charge on any atom is 0.123 e. The lowest BCUT2D eigenvalue weighted by molar-refractivity contribution is 0.357. The molecule has 2 aromatic carbocycles. The second-order valence-corrected chi connectivity index (χ2v) is 4.37. The van der Waals surface area contributed by atoms with Crippen LogP contribution in [-0.4, -0.2) is 6.61 Å². The van der Waals surface area contributed by atoms with Crippen LogP contribution in [0.25, 0.3) is 11.1 Å². The van der Waals surface area contributed by atoms with Crippen molar-refractivity contribution in [3.63, 3.8) is 0 Å². The molecule has 1 heterocycles. The smallest absolute Gasteiger partial charge is 0.123 e. The largest absolute Gasteiger partial charge is 0.493 e. The van der Waals surface area contributed by atoms with Gasteiger partial charge in [0, 0.05) is 11.4 Å². The van der Waals surface area contributed by atoms with Gasteiger partial charge in [0.1, 0.15) is 5.75 Å². The van der Waals surface area contributed by atoms with Gasteiger partial charge in [-0.3, -0.25) is 0 Å². The molecule has 0 saturated heterocycles. The Kier molecular flexibility index (Phi) is 2.33. The van der Waals surface area contributed by atoms with Crippen molar-refractivity contribution in [3.8, 4) is 16.9 Å². The van der Waals surface area contributed by atoms with Crippen LogP contribution in [0.4, 0.5) is 0 Å². The maximum absolute atomic E-state index is 5.98. The summed E-state index contributed by atoms with van der Waals surface area (Å²) in [5.74, 6) is 1.01. The Labute approximate surface area is 99.6 Å². The molecule has 0 atom stereocenters. The van der Waals surface area contributed by atoms with Crippen molar-refractivity contribution in [2.24, 2.45) is 0 Å². The molecule has 0 spiro atoms. The topological polar surface area (TPSA) is 9.23 Å². The lowest BCUT2D eigenvalue weighted by atomic mass is 10.0. The summed E-state index contributed by atoms with van der Waals surface area (Å²) in [4.78, 5) is 0. The molecule has 0 unspecified atom stereocenters. The number of halogens is 1. The van der Waals surface area contributed by atoms with Gasteiger partial charge in [0.15, 0.2) is 0 Å². The van der Waals surface area contributed by atoms with E-state index in [0.717, 1.165) is 34.9 Å². The van der Waals surface area contributed by atoms with E-state index in [4.69, 9.17) is 16.3 Å². The van der Waals surface area contributed by atoms with Crippen LogP contribution in [0.5, 0.6) is 5.75 Å². The second-order valence-electron chi connectivity index (χ2n) is 3.93. The van der Waals surface area contributed by atoms with Gasteiger partial charge >= 0.3 is 0 Å². The minimum atomic E-state index is 0.763. The average Bonchev–Trinajstić information content (AvgIpc) is 2.75. The van der Waals surface area contributed by atoms with Crippen LogP contribution in [0, 0.1) is 0 Å². The number of fused-ring (bicyclic) bond motifs is 1. The molecule has 2 aromatic rings. The molecule has 0 aliphatic carbocycles. The summed E-state index contributed by atoms with van der Waals surface area (Å²) in [6.07, 6.45) is 1.02. The maximum atomic E-state index is 5.98. The molecule has 3 rings (SSSR count). The van der Waals surface area contributed by atoms with Crippen LogP contribution in [-0.2, 0) is 6.42 Å². The predicted molar refractivity (Wildman–Crippen MR) is 66.1 cm³/mol. The Balaban J connectivity index is 2.07. The van der Waals surface area contributed by atoms with Gasteiger partial charge in [0.25, 0.3) is 0 Å². The fourth-order valence-electron chi connectivity index (χ4n) is 2.01. The van der Waals surface area contributed by atoms with Crippen molar-refractivity contribution in [1.82, 2.24) is 0 Å². The molecule has 1 nitrogen and oxygen atoms in total. The standard InChI is InChI=1S/C14H11ClO/c15-13-3-1-2-11(8-13)12-5-4-10-6-7-16-14(10)9-12/h1-5,8-9H,6-7H2. The molecular formula is C14H11ClO. The minimum absolute atomic E-state index is 0.763. The second kappa shape index (κ2) is 3.84. The van der Waals surface area contributed by atoms with E-state index in [2.05, 4.69) is 24.3 Å². The summed E-state index contributed by atoms with van der Waals surface area (Å²) >= 11 is 5.98. The highest BCUT2D eigenvalue weighted by molar-refractivity contribution is 6.30. The Hall–Kier alpha value is -1.47. The van der Waals surface area contributed by atoms with Gasteiger partial charge in [-0.2, -0.15) is 0 Å².